The van der Waals surface area contributed by atoms with Gasteiger partial charge < -0.3 is 19.0 Å². The Morgan fingerprint density at radius 3 is 2.51 bits per heavy atom. The molecule has 2 fully saturated rings. The van der Waals surface area contributed by atoms with Crippen LogP contribution in [-0.2, 0) is 16.1 Å². The van der Waals surface area contributed by atoms with Crippen LogP contribution in [0.2, 0.25) is 0 Å². The van der Waals surface area contributed by atoms with Gasteiger partial charge in [0.05, 0.1) is 5.56 Å². The van der Waals surface area contributed by atoms with Crippen LogP contribution in [0.25, 0.3) is 0 Å². The fourth-order valence-electron chi connectivity index (χ4n) is 5.66. The Labute approximate surface area is 229 Å². The lowest BCUT2D eigenvalue weighted by atomic mass is 9.84. The average Bonchev–Trinajstić information content (AvgIpc) is 3.79. The quantitative estimate of drug-likeness (QED) is 0.294. The summed E-state index contributed by atoms with van der Waals surface area (Å²) in [6, 6.07) is 18.5. The molecule has 0 spiro atoms. The molecule has 206 valence electrons. The summed E-state index contributed by atoms with van der Waals surface area (Å²) < 4.78 is 16.7. The summed E-state index contributed by atoms with van der Waals surface area (Å²) in [5.41, 5.74) is 2.14. The highest BCUT2D eigenvalue weighted by molar-refractivity contribution is 5.84. The molecule has 0 radical (unpaired) electrons. The number of amides is 1. The van der Waals surface area contributed by atoms with Crippen LogP contribution in [0.1, 0.15) is 79.7 Å². The molecule has 1 aliphatic carbocycles. The molecule has 2 aromatic carbocycles. The van der Waals surface area contributed by atoms with E-state index in [0.717, 1.165) is 62.9 Å². The maximum Gasteiger partial charge on any atom is 0.411 e. The molecule has 1 saturated heterocycles. The highest BCUT2D eigenvalue weighted by Crippen LogP contribution is 2.48. The van der Waals surface area contributed by atoms with Crippen molar-refractivity contribution >= 4 is 11.8 Å². The number of carbonyl (C=O) groups is 1. The molecule has 2 unspecified atom stereocenters. The first-order valence-corrected chi connectivity index (χ1v) is 14.0. The number of hydrogen-bond acceptors (Lipinski definition) is 6. The van der Waals surface area contributed by atoms with Crippen LogP contribution in [0.3, 0.4) is 0 Å². The van der Waals surface area contributed by atoms with Gasteiger partial charge in [0.2, 0.25) is 0 Å². The predicted molar refractivity (Wildman–Crippen MR) is 149 cm³/mol. The van der Waals surface area contributed by atoms with Gasteiger partial charge >= 0.3 is 11.7 Å². The molecule has 5 rings (SSSR count). The first-order valence-electron chi connectivity index (χ1n) is 14.0. The highest BCUT2D eigenvalue weighted by Gasteiger charge is 2.38. The third kappa shape index (κ3) is 6.90. The molecule has 7 heteroatoms. The molecule has 2 N–H and O–H groups in total. The summed E-state index contributed by atoms with van der Waals surface area (Å²) in [5.74, 6) is 1.08. The standard InChI is InChI=1S/C32H37NO6/c1-2-23(17-21-13-15-37-16-14-21)28-19-27(34)30(31(35)39-28)29(24-11-12-24)25-9-6-10-26(18-25)33-32(36)38-20-22-7-4-3-5-8-22/h3-10,18-19,21,23-24,29,34H,2,11-17,20H2,1H3,(H,33,36). The third-order valence-corrected chi connectivity index (χ3v) is 7.95. The third-order valence-electron chi connectivity index (χ3n) is 7.95. The number of hydrogen-bond donors (Lipinski definition) is 2. The van der Waals surface area contributed by atoms with Gasteiger partial charge in [0, 0.05) is 36.8 Å². The van der Waals surface area contributed by atoms with Gasteiger partial charge in [-0.15, -0.1) is 0 Å². The van der Waals surface area contributed by atoms with Crippen molar-refractivity contribution in [2.75, 3.05) is 18.5 Å². The molecule has 1 aliphatic heterocycles. The van der Waals surface area contributed by atoms with Gasteiger partial charge in [-0.1, -0.05) is 49.4 Å². The predicted octanol–water partition coefficient (Wildman–Crippen LogP) is 6.95. The second kappa shape index (κ2) is 12.5. The molecular formula is C32H37NO6. The summed E-state index contributed by atoms with van der Waals surface area (Å²) in [7, 11) is 0. The Kier molecular flexibility index (Phi) is 8.67. The van der Waals surface area contributed by atoms with E-state index in [0.29, 0.717) is 22.9 Å². The zero-order valence-electron chi connectivity index (χ0n) is 22.4. The SMILES string of the molecule is CCC(CC1CCOCC1)c1cc(O)c(C(c2cccc(NC(=O)OCc3ccccc3)c2)C2CC2)c(=O)o1. The number of rotatable bonds is 10. The lowest BCUT2D eigenvalue weighted by Crippen LogP contribution is -2.20. The van der Waals surface area contributed by atoms with Gasteiger partial charge in [-0.25, -0.2) is 9.59 Å². The van der Waals surface area contributed by atoms with Crippen LogP contribution < -0.4 is 10.9 Å². The zero-order valence-corrected chi connectivity index (χ0v) is 22.4. The molecule has 2 heterocycles. The molecule has 1 amide bonds. The Balaban J connectivity index is 1.33. The van der Waals surface area contributed by atoms with E-state index >= 15 is 0 Å². The molecule has 2 aliphatic rings. The van der Waals surface area contributed by atoms with Gasteiger partial charge in [0.25, 0.3) is 0 Å². The Morgan fingerprint density at radius 1 is 1.05 bits per heavy atom. The summed E-state index contributed by atoms with van der Waals surface area (Å²) in [5, 5.41) is 13.9. The zero-order chi connectivity index (χ0) is 27.2. The molecule has 7 nitrogen and oxygen atoms in total. The monoisotopic (exact) mass is 531 g/mol. The van der Waals surface area contributed by atoms with Crippen molar-refractivity contribution in [1.82, 2.24) is 0 Å². The van der Waals surface area contributed by atoms with Crippen molar-refractivity contribution in [2.24, 2.45) is 11.8 Å². The van der Waals surface area contributed by atoms with Gasteiger partial charge in [-0.2, -0.15) is 0 Å². The smallest absolute Gasteiger partial charge is 0.411 e. The van der Waals surface area contributed by atoms with Crippen LogP contribution in [0, 0.1) is 11.8 Å². The summed E-state index contributed by atoms with van der Waals surface area (Å²) in [6.07, 6.45) is 5.14. The molecular weight excluding hydrogens is 494 g/mol. The van der Waals surface area contributed by atoms with Crippen molar-refractivity contribution in [3.8, 4) is 5.75 Å². The van der Waals surface area contributed by atoms with Crippen molar-refractivity contribution in [3.63, 3.8) is 0 Å². The molecule has 2 atom stereocenters. The maximum atomic E-state index is 13.4. The number of ether oxygens (including phenoxy) is 2. The number of carbonyl (C=O) groups excluding carboxylic acids is 1. The average molecular weight is 532 g/mol. The van der Waals surface area contributed by atoms with Gasteiger partial charge in [-0.05, 0) is 73.6 Å². The van der Waals surface area contributed by atoms with Gasteiger partial charge in [-0.3, -0.25) is 5.32 Å². The van der Waals surface area contributed by atoms with E-state index < -0.39 is 11.7 Å². The fraction of sp³-hybridized carbons (Fsp3) is 0.438. The summed E-state index contributed by atoms with van der Waals surface area (Å²) >= 11 is 0. The van der Waals surface area contributed by atoms with Crippen molar-refractivity contribution < 1.29 is 23.8 Å². The maximum absolute atomic E-state index is 13.4. The largest absolute Gasteiger partial charge is 0.507 e. The lowest BCUT2D eigenvalue weighted by Gasteiger charge is -2.26. The van der Waals surface area contributed by atoms with Crippen LogP contribution >= 0.6 is 0 Å². The van der Waals surface area contributed by atoms with E-state index in [1.165, 1.54) is 0 Å². The first-order chi connectivity index (χ1) is 19.0. The normalized spacial score (nSPS) is 17.4. The number of benzene rings is 2. The minimum Gasteiger partial charge on any atom is -0.507 e. The van der Waals surface area contributed by atoms with Gasteiger partial charge in [0.1, 0.15) is 18.1 Å². The van der Waals surface area contributed by atoms with E-state index in [1.807, 2.05) is 48.5 Å². The first kappa shape index (κ1) is 27.0. The molecule has 1 saturated carbocycles. The summed E-state index contributed by atoms with van der Waals surface area (Å²) in [4.78, 5) is 25.8. The van der Waals surface area contributed by atoms with Crippen molar-refractivity contribution in [1.29, 1.82) is 0 Å². The van der Waals surface area contributed by atoms with E-state index in [-0.39, 0.29) is 30.1 Å². The van der Waals surface area contributed by atoms with E-state index in [4.69, 9.17) is 13.9 Å². The van der Waals surface area contributed by atoms with Crippen LogP contribution in [0.5, 0.6) is 5.75 Å². The van der Waals surface area contributed by atoms with Gasteiger partial charge in [0.15, 0.2) is 0 Å². The number of aromatic hydroxyl groups is 1. The second-order valence-corrected chi connectivity index (χ2v) is 10.8. The van der Waals surface area contributed by atoms with E-state index in [1.54, 1.807) is 12.1 Å². The number of nitrogens with one attached hydrogen (secondary N) is 1. The minimum absolute atomic E-state index is 0.00999. The second-order valence-electron chi connectivity index (χ2n) is 10.8. The van der Waals surface area contributed by atoms with Crippen molar-refractivity contribution in [3.05, 3.63) is 93.5 Å². The number of anilines is 1. The fourth-order valence-corrected chi connectivity index (χ4v) is 5.66. The molecule has 39 heavy (non-hydrogen) atoms. The topological polar surface area (TPSA) is 98.0 Å². The summed E-state index contributed by atoms with van der Waals surface area (Å²) in [6.45, 7) is 3.81. The van der Waals surface area contributed by atoms with Crippen molar-refractivity contribution in [2.45, 2.75) is 63.9 Å². The Bertz CT molecular complexity index is 1310. The lowest BCUT2D eigenvalue weighted by molar-refractivity contribution is 0.0606. The van der Waals surface area contributed by atoms with E-state index in [2.05, 4.69) is 12.2 Å². The van der Waals surface area contributed by atoms with Crippen LogP contribution in [-0.4, -0.2) is 24.4 Å². The molecule has 1 aromatic heterocycles. The molecule has 3 aromatic rings. The minimum atomic E-state index is -0.555. The molecule has 0 bridgehead atoms. The van der Waals surface area contributed by atoms with E-state index in [9.17, 15) is 14.7 Å². The van der Waals surface area contributed by atoms with Crippen LogP contribution in [0.15, 0.2) is 69.9 Å². The Morgan fingerprint density at radius 2 is 1.82 bits per heavy atom. The van der Waals surface area contributed by atoms with Crippen LogP contribution in [0.4, 0.5) is 10.5 Å². The Hall–Kier alpha value is -3.58. The highest BCUT2D eigenvalue weighted by atomic mass is 16.5.